The molecule has 0 fully saturated rings. The van der Waals surface area contributed by atoms with Gasteiger partial charge in [-0.1, -0.05) is 152 Å². The largest absolute Gasteiger partial charge is 0.457 e. The van der Waals surface area contributed by atoms with Crippen molar-refractivity contribution in [2.45, 2.75) is 31.6 Å². The fourth-order valence-electron chi connectivity index (χ4n) is 8.48. The normalized spacial score (nSPS) is 14.3. The van der Waals surface area contributed by atoms with Crippen molar-refractivity contribution in [2.24, 2.45) is 0 Å². The van der Waals surface area contributed by atoms with E-state index in [1.807, 2.05) is 42.5 Å². The van der Waals surface area contributed by atoms with Crippen molar-refractivity contribution in [3.63, 3.8) is 0 Å². The lowest BCUT2D eigenvalue weighted by molar-refractivity contribution is 0.482. The van der Waals surface area contributed by atoms with E-state index in [9.17, 15) is 4.39 Å². The quantitative estimate of drug-likeness (QED) is 0.144. The van der Waals surface area contributed by atoms with E-state index in [1.54, 1.807) is 0 Å². The number of fused-ring (bicyclic) bond motifs is 3. The highest BCUT2D eigenvalue weighted by Gasteiger charge is 2.46. The lowest BCUT2D eigenvalue weighted by Gasteiger charge is -2.35. The lowest BCUT2D eigenvalue weighted by Crippen LogP contribution is -2.29. The highest BCUT2D eigenvalue weighted by atomic mass is 79.9. The number of hydrogen-bond acceptors (Lipinski definition) is 2. The fraction of sp³-hybridized carbons (Fsp3) is 0.0909. The molecule has 8 aromatic carbocycles. The summed E-state index contributed by atoms with van der Waals surface area (Å²) >= 11 is 3.56. The predicted octanol–water partition coefficient (Wildman–Crippen LogP) is 15.8. The van der Waals surface area contributed by atoms with Crippen LogP contribution in [0.1, 0.15) is 54.2 Å². The van der Waals surface area contributed by atoms with E-state index in [4.69, 9.17) is 4.74 Å². The molecule has 288 valence electrons. The van der Waals surface area contributed by atoms with Crippen LogP contribution < -0.4 is 9.64 Å². The van der Waals surface area contributed by atoms with Gasteiger partial charge in [0, 0.05) is 21.5 Å². The Kier molecular flexibility index (Phi) is 9.90. The Hall–Kier alpha value is -6.49. The number of benzene rings is 8. The van der Waals surface area contributed by atoms with E-state index >= 15 is 0 Å². The topological polar surface area (TPSA) is 12.5 Å². The van der Waals surface area contributed by atoms with E-state index < -0.39 is 5.41 Å². The first-order chi connectivity index (χ1) is 28.6. The van der Waals surface area contributed by atoms with Gasteiger partial charge in [-0.15, -0.1) is 0 Å². The van der Waals surface area contributed by atoms with Crippen LogP contribution in [-0.2, 0) is 10.8 Å². The van der Waals surface area contributed by atoms with Gasteiger partial charge in [0.25, 0.3) is 0 Å². The molecule has 9 rings (SSSR count). The Morgan fingerprint density at radius 2 is 1.07 bits per heavy atom. The van der Waals surface area contributed by atoms with Gasteiger partial charge < -0.3 is 9.64 Å². The maximum atomic E-state index is 14.5. The van der Waals surface area contributed by atoms with Crippen molar-refractivity contribution in [3.05, 3.63) is 238 Å². The first kappa shape index (κ1) is 38.1. The summed E-state index contributed by atoms with van der Waals surface area (Å²) in [4.78, 5) is 2.22. The van der Waals surface area contributed by atoms with Gasteiger partial charge in [0.05, 0.1) is 5.41 Å². The Morgan fingerprint density at radius 3 is 1.66 bits per heavy atom. The zero-order valence-corrected chi connectivity index (χ0v) is 34.9. The van der Waals surface area contributed by atoms with E-state index in [0.29, 0.717) is 0 Å². The number of ether oxygens (including phenoxy) is 1. The van der Waals surface area contributed by atoms with Crippen LogP contribution in [0.5, 0.6) is 11.5 Å². The molecule has 0 N–H and O–H groups in total. The van der Waals surface area contributed by atoms with Gasteiger partial charge in [-0.2, -0.15) is 0 Å². The van der Waals surface area contributed by atoms with E-state index in [1.165, 1.54) is 45.5 Å². The maximum Gasteiger partial charge on any atom is 0.127 e. The summed E-state index contributed by atoms with van der Waals surface area (Å²) in [6, 6.07) is 64.9. The summed E-state index contributed by atoms with van der Waals surface area (Å²) in [7, 11) is 0. The highest BCUT2D eigenvalue weighted by molar-refractivity contribution is 9.10. The summed E-state index contributed by atoms with van der Waals surface area (Å²) in [5.74, 6) is 1.25. The number of halogens is 2. The first-order valence-electron chi connectivity index (χ1n) is 19.9. The van der Waals surface area contributed by atoms with Crippen LogP contribution in [0.2, 0.25) is 0 Å². The van der Waals surface area contributed by atoms with Crippen LogP contribution >= 0.6 is 15.9 Å². The summed E-state index contributed by atoms with van der Waals surface area (Å²) in [5, 5.41) is 0. The summed E-state index contributed by atoms with van der Waals surface area (Å²) in [6.07, 6.45) is 1.83. The molecule has 0 heterocycles. The van der Waals surface area contributed by atoms with Crippen molar-refractivity contribution in [1.29, 1.82) is 0 Å². The minimum Gasteiger partial charge on any atom is -0.457 e. The molecule has 1 atom stereocenters. The third-order valence-electron chi connectivity index (χ3n) is 11.5. The highest BCUT2D eigenvalue weighted by Crippen LogP contribution is 2.57. The van der Waals surface area contributed by atoms with Gasteiger partial charge >= 0.3 is 0 Å². The Bertz CT molecular complexity index is 2770. The van der Waals surface area contributed by atoms with Crippen LogP contribution in [0.15, 0.2) is 199 Å². The van der Waals surface area contributed by atoms with E-state index in [-0.39, 0.29) is 11.2 Å². The monoisotopic (exact) mass is 831 g/mol. The predicted molar refractivity (Wildman–Crippen MR) is 247 cm³/mol. The second-order valence-corrected chi connectivity index (χ2v) is 17.0. The molecule has 0 saturated heterocycles. The van der Waals surface area contributed by atoms with Crippen LogP contribution in [-0.4, -0.2) is 0 Å². The molecule has 1 aliphatic carbocycles. The van der Waals surface area contributed by atoms with E-state index in [2.05, 4.69) is 188 Å². The molecule has 2 nitrogen and oxygen atoms in total. The molecule has 0 spiro atoms. The van der Waals surface area contributed by atoms with Crippen molar-refractivity contribution in [3.8, 4) is 33.8 Å². The molecule has 0 aromatic heterocycles. The smallest absolute Gasteiger partial charge is 0.127 e. The van der Waals surface area contributed by atoms with Gasteiger partial charge in [-0.05, 0) is 146 Å². The molecule has 1 aliphatic rings. The molecular formula is C55H43BrFNO. The molecule has 1 unspecified atom stereocenters. The molecule has 0 radical (unpaired) electrons. The van der Waals surface area contributed by atoms with Crippen molar-refractivity contribution in [2.75, 3.05) is 4.90 Å². The van der Waals surface area contributed by atoms with Crippen LogP contribution in [0.3, 0.4) is 0 Å². The van der Waals surface area contributed by atoms with Gasteiger partial charge in [0.15, 0.2) is 0 Å². The van der Waals surface area contributed by atoms with Gasteiger partial charge in [0.2, 0.25) is 0 Å². The van der Waals surface area contributed by atoms with Gasteiger partial charge in [-0.3, -0.25) is 0 Å². The Morgan fingerprint density at radius 1 is 0.559 bits per heavy atom. The molecule has 8 aromatic rings. The molecular weight excluding hydrogens is 790 g/mol. The fourth-order valence-corrected chi connectivity index (χ4v) is 8.74. The number of hydrogen-bond donors (Lipinski definition) is 0. The van der Waals surface area contributed by atoms with Gasteiger partial charge in [-0.25, -0.2) is 4.39 Å². The second kappa shape index (κ2) is 15.4. The Labute approximate surface area is 355 Å². The first-order valence-corrected chi connectivity index (χ1v) is 20.7. The van der Waals surface area contributed by atoms with Crippen LogP contribution in [0.25, 0.3) is 28.3 Å². The van der Waals surface area contributed by atoms with Crippen molar-refractivity contribution < 1.29 is 9.13 Å². The standard InChI is InChI=1S/C55H43BrFNO/c1-5-37-10-31-48(32-11-37)59-49-33-20-42(21-34-49)55(41-18-16-40(17-19-41)54(2,3)4)52-9-7-6-8-50(52)51-35-30-47(36-53(51)55)58(46-28-24-44(57)25-29-46)45-26-14-39(15-27-45)38-12-22-43(56)23-13-38/h5-36H,1H2,2-4H3. The third kappa shape index (κ3) is 7.08. The zero-order valence-electron chi connectivity index (χ0n) is 33.3. The average molecular weight is 833 g/mol. The summed E-state index contributed by atoms with van der Waals surface area (Å²) in [6.45, 7) is 10.6. The molecule has 0 saturated carbocycles. The minimum atomic E-state index is -0.664. The minimum absolute atomic E-state index is 0.00418. The molecule has 4 heteroatoms. The molecule has 59 heavy (non-hydrogen) atoms. The Balaban J connectivity index is 1.23. The average Bonchev–Trinajstić information content (AvgIpc) is 3.56. The SMILES string of the molecule is C=Cc1ccc(Oc2ccc(C3(c4ccc(C(C)(C)C)cc4)c4ccccc4-c4ccc(N(c5ccc(F)cc5)c5ccc(-c6ccc(Br)cc6)cc5)cc43)cc2)cc1. The molecule has 0 amide bonds. The number of rotatable bonds is 9. The van der Waals surface area contributed by atoms with Gasteiger partial charge in [0.1, 0.15) is 17.3 Å². The number of anilines is 3. The van der Waals surface area contributed by atoms with E-state index in [0.717, 1.165) is 55.3 Å². The van der Waals surface area contributed by atoms with Crippen molar-refractivity contribution in [1.82, 2.24) is 0 Å². The molecule has 0 aliphatic heterocycles. The number of nitrogens with zero attached hydrogens (tertiary/aromatic N) is 1. The zero-order chi connectivity index (χ0) is 40.7. The van der Waals surface area contributed by atoms with Crippen LogP contribution in [0.4, 0.5) is 21.5 Å². The lowest BCUT2D eigenvalue weighted by atomic mass is 9.67. The van der Waals surface area contributed by atoms with Crippen LogP contribution in [0, 0.1) is 5.82 Å². The third-order valence-corrected chi connectivity index (χ3v) is 12.0. The summed E-state index contributed by atoms with van der Waals surface area (Å²) < 4.78 is 21.9. The second-order valence-electron chi connectivity index (χ2n) is 16.1. The maximum absolute atomic E-state index is 14.5. The molecule has 0 bridgehead atoms. The summed E-state index contributed by atoms with van der Waals surface area (Å²) in [5.41, 5.74) is 13.8. The van der Waals surface area contributed by atoms with Crippen molar-refractivity contribution >= 4 is 39.1 Å².